The summed E-state index contributed by atoms with van der Waals surface area (Å²) in [7, 11) is 1.63. The van der Waals surface area contributed by atoms with Crippen LogP contribution in [0.4, 0.5) is 11.5 Å². The number of methoxy groups -OCH3 is 1. The molecule has 4 fully saturated rings. The second-order valence-electron chi connectivity index (χ2n) is 10.6. The molecule has 1 N–H and O–H groups in total. The fraction of sp³-hybridized carbons (Fsp3) is 0.393. The van der Waals surface area contributed by atoms with Crippen LogP contribution in [-0.4, -0.2) is 86.0 Å². The van der Waals surface area contributed by atoms with E-state index in [9.17, 15) is 10.4 Å². The van der Waals surface area contributed by atoms with E-state index < -0.39 is 0 Å². The summed E-state index contributed by atoms with van der Waals surface area (Å²) in [6.45, 7) is 4.05. The van der Waals surface area contributed by atoms with E-state index >= 15 is 0 Å². The average molecular weight is 524 g/mol. The largest absolute Gasteiger partial charge is 0.481 e. The molecule has 198 valence electrons. The summed E-state index contributed by atoms with van der Waals surface area (Å²) >= 11 is 0. The minimum atomic E-state index is -0.338. The molecular weight excluding hydrogens is 494 g/mol. The quantitative estimate of drug-likeness (QED) is 0.402. The molecule has 39 heavy (non-hydrogen) atoms. The molecule has 3 atom stereocenters. The van der Waals surface area contributed by atoms with Crippen molar-refractivity contribution in [3.8, 4) is 23.2 Å². The predicted octanol–water partition coefficient (Wildman–Crippen LogP) is 2.10. The fourth-order valence-electron chi connectivity index (χ4n) is 6.13. The molecule has 11 nitrogen and oxygen atoms in total. The Morgan fingerprint density at radius 2 is 1.92 bits per heavy atom. The van der Waals surface area contributed by atoms with E-state index in [1.807, 2.05) is 30.7 Å². The predicted molar refractivity (Wildman–Crippen MR) is 145 cm³/mol. The Morgan fingerprint density at radius 1 is 1.05 bits per heavy atom. The fourth-order valence-corrected chi connectivity index (χ4v) is 6.13. The Kier molecular flexibility index (Phi) is 5.79. The molecule has 0 aliphatic carbocycles. The number of piperidine rings is 1. The van der Waals surface area contributed by atoms with E-state index in [1.54, 1.807) is 24.0 Å². The Hall–Kier alpha value is -4.27. The molecule has 8 rings (SSSR count). The number of piperazine rings is 1. The number of nitrogens with zero attached hydrogens (tertiary/aromatic N) is 9. The summed E-state index contributed by atoms with van der Waals surface area (Å²) in [4.78, 5) is 20.9. The molecule has 0 spiro atoms. The second-order valence-corrected chi connectivity index (χ2v) is 10.6. The third-order valence-corrected chi connectivity index (χ3v) is 8.20. The number of hydrogen-bond acceptors (Lipinski definition) is 10. The van der Waals surface area contributed by atoms with Crippen molar-refractivity contribution in [3.63, 3.8) is 0 Å². The first-order valence-electron chi connectivity index (χ1n) is 13.3. The van der Waals surface area contributed by atoms with Crippen LogP contribution in [0.15, 0.2) is 49.2 Å². The summed E-state index contributed by atoms with van der Waals surface area (Å²) < 4.78 is 6.91. The Morgan fingerprint density at radius 3 is 2.59 bits per heavy atom. The highest BCUT2D eigenvalue weighted by Crippen LogP contribution is 2.36. The molecule has 8 heterocycles. The van der Waals surface area contributed by atoms with E-state index in [4.69, 9.17) is 14.7 Å². The highest BCUT2D eigenvalue weighted by atomic mass is 16.5. The Balaban J connectivity index is 1.10. The lowest BCUT2D eigenvalue weighted by molar-refractivity contribution is -0.00879. The van der Waals surface area contributed by atoms with Crippen molar-refractivity contribution in [3.05, 3.63) is 60.3 Å². The molecule has 4 saturated heterocycles. The van der Waals surface area contributed by atoms with Crippen LogP contribution in [0.25, 0.3) is 16.8 Å². The van der Waals surface area contributed by atoms with Crippen LogP contribution in [-0.2, 0) is 6.54 Å². The number of β-amino-alcohol motifs (C(OH)–C–C–N with tert-alkyl or cyclic N) is 1. The lowest BCUT2D eigenvalue weighted by atomic mass is 9.87. The number of nitriles is 1. The van der Waals surface area contributed by atoms with Gasteiger partial charge in [-0.1, -0.05) is 6.07 Å². The van der Waals surface area contributed by atoms with Crippen LogP contribution >= 0.6 is 0 Å². The van der Waals surface area contributed by atoms with Crippen LogP contribution < -0.4 is 14.5 Å². The van der Waals surface area contributed by atoms with Crippen LogP contribution in [0, 0.1) is 11.3 Å². The topological polar surface area (TPSA) is 119 Å². The van der Waals surface area contributed by atoms with Crippen molar-refractivity contribution in [1.82, 2.24) is 29.5 Å². The molecule has 4 aliphatic heterocycles. The standard InChI is InChI=1S/C28H29N9O2/c1-39-27-3-2-18(9-32-27)13-36-21-6-22(36)15-35(14-21)26-12-30-25(11-31-26)24-7-20(34-5-4-23(38)17-34)16-37-28(24)19(8-29)10-33-37/h2-3,7,9-12,16,21-23,38H,4-6,13-15,17H2,1H3. The number of aromatic nitrogens is 5. The smallest absolute Gasteiger partial charge is 0.212 e. The summed E-state index contributed by atoms with van der Waals surface area (Å²) in [6.07, 6.45) is 10.6. The van der Waals surface area contributed by atoms with E-state index in [-0.39, 0.29) is 6.10 Å². The first-order valence-corrected chi connectivity index (χ1v) is 13.3. The van der Waals surface area contributed by atoms with Gasteiger partial charge in [0.05, 0.1) is 60.5 Å². The average Bonchev–Trinajstić information content (AvgIpc) is 3.62. The van der Waals surface area contributed by atoms with Gasteiger partial charge in [-0.15, -0.1) is 0 Å². The van der Waals surface area contributed by atoms with Crippen LogP contribution in [0.3, 0.4) is 0 Å². The van der Waals surface area contributed by atoms with Gasteiger partial charge in [-0.3, -0.25) is 9.88 Å². The Labute approximate surface area is 225 Å². The number of pyridine rings is 2. The first-order chi connectivity index (χ1) is 19.1. The summed E-state index contributed by atoms with van der Waals surface area (Å²) in [5, 5.41) is 24.1. The maximum atomic E-state index is 10.0. The van der Waals surface area contributed by atoms with Gasteiger partial charge in [0.2, 0.25) is 5.88 Å². The molecule has 4 aromatic rings. The third kappa shape index (κ3) is 4.22. The maximum Gasteiger partial charge on any atom is 0.212 e. The molecule has 3 unspecified atom stereocenters. The zero-order valence-corrected chi connectivity index (χ0v) is 21.7. The Bertz CT molecular complexity index is 1530. The number of fused-ring (bicyclic) bond motifs is 3. The molecule has 4 aromatic heterocycles. The van der Waals surface area contributed by atoms with Crippen LogP contribution in [0.1, 0.15) is 24.0 Å². The number of rotatable bonds is 6. The monoisotopic (exact) mass is 523 g/mol. The zero-order chi connectivity index (χ0) is 26.5. The molecule has 0 amide bonds. The van der Waals surface area contributed by atoms with E-state index in [0.717, 1.165) is 49.7 Å². The molecule has 2 bridgehead atoms. The highest BCUT2D eigenvalue weighted by molar-refractivity contribution is 5.85. The van der Waals surface area contributed by atoms with Gasteiger partial charge in [-0.05, 0) is 24.5 Å². The van der Waals surface area contributed by atoms with Crippen molar-refractivity contribution in [1.29, 1.82) is 5.26 Å². The van der Waals surface area contributed by atoms with Crippen molar-refractivity contribution in [2.45, 2.75) is 37.6 Å². The van der Waals surface area contributed by atoms with Gasteiger partial charge >= 0.3 is 0 Å². The van der Waals surface area contributed by atoms with Crippen LogP contribution in [0.2, 0.25) is 0 Å². The molecular formula is C28H29N9O2. The number of aliphatic hydroxyl groups is 1. The minimum absolute atomic E-state index is 0.338. The van der Waals surface area contributed by atoms with Gasteiger partial charge in [0.25, 0.3) is 0 Å². The summed E-state index contributed by atoms with van der Waals surface area (Å²) in [6, 6.07) is 9.22. The molecule has 0 aromatic carbocycles. The zero-order valence-electron chi connectivity index (χ0n) is 21.7. The van der Waals surface area contributed by atoms with Crippen molar-refractivity contribution < 1.29 is 9.84 Å². The van der Waals surface area contributed by atoms with Gasteiger partial charge in [-0.2, -0.15) is 10.4 Å². The summed E-state index contributed by atoms with van der Waals surface area (Å²) in [5.74, 6) is 1.50. The minimum Gasteiger partial charge on any atom is -0.481 e. The lowest BCUT2D eigenvalue weighted by Crippen LogP contribution is -2.68. The van der Waals surface area contributed by atoms with Gasteiger partial charge < -0.3 is 19.6 Å². The van der Waals surface area contributed by atoms with Crippen molar-refractivity contribution in [2.24, 2.45) is 0 Å². The van der Waals surface area contributed by atoms with Crippen molar-refractivity contribution >= 4 is 17.0 Å². The van der Waals surface area contributed by atoms with E-state index in [0.29, 0.717) is 41.3 Å². The first kappa shape index (κ1) is 23.8. The third-order valence-electron chi connectivity index (χ3n) is 8.20. The lowest BCUT2D eigenvalue weighted by Gasteiger charge is -2.56. The van der Waals surface area contributed by atoms with E-state index in [1.165, 1.54) is 12.0 Å². The molecule has 4 aliphatic rings. The van der Waals surface area contributed by atoms with Gasteiger partial charge in [0.1, 0.15) is 11.9 Å². The molecule has 0 radical (unpaired) electrons. The number of hydrogen-bond donors (Lipinski definition) is 1. The summed E-state index contributed by atoms with van der Waals surface area (Å²) in [5.41, 5.74) is 4.84. The molecule has 0 saturated carbocycles. The maximum absolute atomic E-state index is 10.0. The second kappa shape index (κ2) is 9.48. The SMILES string of the molecule is COc1ccc(CN2C3CC2CN(c2cnc(-c4cc(N5CCC(O)C5)cn5ncc(C#N)c45)cn2)C3)cn1. The normalized spacial score (nSPS) is 22.6. The highest BCUT2D eigenvalue weighted by Gasteiger charge is 2.44. The van der Waals surface area contributed by atoms with Gasteiger partial charge in [0.15, 0.2) is 0 Å². The van der Waals surface area contributed by atoms with E-state index in [2.05, 4.69) is 36.9 Å². The van der Waals surface area contributed by atoms with Crippen LogP contribution in [0.5, 0.6) is 5.88 Å². The number of ether oxygens (including phenoxy) is 1. The van der Waals surface area contributed by atoms with Gasteiger partial charge in [-0.25, -0.2) is 14.5 Å². The number of anilines is 2. The molecule has 11 heteroatoms. The van der Waals surface area contributed by atoms with Gasteiger partial charge in [0, 0.05) is 62.6 Å². The van der Waals surface area contributed by atoms with Crippen molar-refractivity contribution in [2.75, 3.05) is 43.1 Å². The number of aliphatic hydroxyl groups excluding tert-OH is 1.